The van der Waals surface area contributed by atoms with Gasteiger partial charge in [0.2, 0.25) is 0 Å². The van der Waals surface area contributed by atoms with E-state index in [-0.39, 0.29) is 11.5 Å². The number of aromatic carboxylic acids is 1. The van der Waals surface area contributed by atoms with Gasteiger partial charge in [0.1, 0.15) is 5.75 Å². The smallest absolute Gasteiger partial charge is 0.335 e. The monoisotopic (exact) mass is 319 g/mol. The lowest BCUT2D eigenvalue weighted by molar-refractivity contribution is -0.122. The molecule has 0 saturated carbocycles. The van der Waals surface area contributed by atoms with Crippen LogP contribution in [0.2, 0.25) is 5.02 Å². The lowest BCUT2D eigenvalue weighted by Gasteiger charge is -2.15. The van der Waals surface area contributed by atoms with Gasteiger partial charge >= 0.3 is 5.97 Å². The molecule has 0 heterocycles. The molecule has 2 aromatic rings. The molecule has 2 rings (SSSR count). The molecular formula is C16H14ClNO4. The number of carbonyl (C=O) groups is 2. The molecule has 22 heavy (non-hydrogen) atoms. The Morgan fingerprint density at radius 3 is 2.23 bits per heavy atom. The van der Waals surface area contributed by atoms with Crippen molar-refractivity contribution in [2.75, 3.05) is 5.32 Å². The number of carbonyl (C=O) groups excluding carboxylic acids is 1. The molecule has 0 aliphatic rings. The van der Waals surface area contributed by atoms with Crippen LogP contribution < -0.4 is 10.1 Å². The first-order chi connectivity index (χ1) is 10.5. The van der Waals surface area contributed by atoms with Gasteiger partial charge in [0.15, 0.2) is 6.10 Å². The van der Waals surface area contributed by atoms with E-state index in [0.29, 0.717) is 16.5 Å². The maximum absolute atomic E-state index is 12.0. The fourth-order valence-electron chi connectivity index (χ4n) is 1.71. The molecule has 1 amide bonds. The molecular weight excluding hydrogens is 306 g/mol. The van der Waals surface area contributed by atoms with E-state index in [9.17, 15) is 9.59 Å². The highest BCUT2D eigenvalue weighted by Gasteiger charge is 2.15. The van der Waals surface area contributed by atoms with Crippen LogP contribution in [0.25, 0.3) is 0 Å². The Hall–Kier alpha value is -2.53. The minimum atomic E-state index is -1.01. The summed E-state index contributed by atoms with van der Waals surface area (Å²) in [6, 6.07) is 12.6. The summed E-state index contributed by atoms with van der Waals surface area (Å²) in [7, 11) is 0. The van der Waals surface area contributed by atoms with Gasteiger partial charge in [0.05, 0.1) is 5.56 Å². The number of benzene rings is 2. The van der Waals surface area contributed by atoms with Crippen molar-refractivity contribution < 1.29 is 19.4 Å². The van der Waals surface area contributed by atoms with Gasteiger partial charge in [-0.1, -0.05) is 11.6 Å². The highest BCUT2D eigenvalue weighted by Crippen LogP contribution is 2.16. The standard InChI is InChI=1S/C16H14ClNO4/c1-10(15(19)18-13-6-4-12(17)5-7-13)22-14-8-2-11(3-9-14)16(20)21/h2-10H,1H3,(H,18,19)(H,20,21)/t10-/m0/s1. The van der Waals surface area contributed by atoms with Crippen molar-refractivity contribution in [3.05, 3.63) is 59.1 Å². The molecule has 0 bridgehead atoms. The number of halogens is 1. The van der Waals surface area contributed by atoms with Crippen LogP contribution in [0.4, 0.5) is 5.69 Å². The second-order valence-electron chi connectivity index (χ2n) is 4.59. The molecule has 0 aromatic heterocycles. The van der Waals surface area contributed by atoms with E-state index in [1.165, 1.54) is 24.3 Å². The highest BCUT2D eigenvalue weighted by molar-refractivity contribution is 6.30. The summed E-state index contributed by atoms with van der Waals surface area (Å²) >= 11 is 5.77. The Kier molecular flexibility index (Phi) is 5.01. The van der Waals surface area contributed by atoms with Gasteiger partial charge in [0, 0.05) is 10.7 Å². The van der Waals surface area contributed by atoms with Crippen molar-refractivity contribution >= 4 is 29.2 Å². The van der Waals surface area contributed by atoms with Crippen LogP contribution in [0.3, 0.4) is 0 Å². The van der Waals surface area contributed by atoms with Crippen LogP contribution in [0, 0.1) is 0 Å². The number of ether oxygens (including phenoxy) is 1. The van der Waals surface area contributed by atoms with Crippen LogP contribution >= 0.6 is 11.6 Å². The van der Waals surface area contributed by atoms with Gasteiger partial charge in [0.25, 0.3) is 5.91 Å². The molecule has 114 valence electrons. The molecule has 0 spiro atoms. The van der Waals surface area contributed by atoms with Gasteiger partial charge in [-0.15, -0.1) is 0 Å². The summed E-state index contributed by atoms with van der Waals surface area (Å²) in [5.41, 5.74) is 0.775. The van der Waals surface area contributed by atoms with Crippen LogP contribution in [0.5, 0.6) is 5.75 Å². The molecule has 1 atom stereocenters. The summed E-state index contributed by atoms with van der Waals surface area (Å²) < 4.78 is 5.48. The van der Waals surface area contributed by atoms with Crippen LogP contribution in [-0.4, -0.2) is 23.1 Å². The molecule has 0 aliphatic heterocycles. The van der Waals surface area contributed by atoms with E-state index in [0.717, 1.165) is 0 Å². The van der Waals surface area contributed by atoms with Gasteiger partial charge in [-0.05, 0) is 55.5 Å². The minimum absolute atomic E-state index is 0.158. The third-order valence-corrected chi connectivity index (χ3v) is 3.15. The molecule has 0 unspecified atom stereocenters. The topological polar surface area (TPSA) is 75.6 Å². The zero-order chi connectivity index (χ0) is 16.1. The minimum Gasteiger partial charge on any atom is -0.481 e. The number of carboxylic acid groups (broad SMARTS) is 1. The number of hydrogen-bond acceptors (Lipinski definition) is 3. The summed E-state index contributed by atoms with van der Waals surface area (Å²) in [4.78, 5) is 22.8. The fraction of sp³-hybridized carbons (Fsp3) is 0.125. The summed E-state index contributed by atoms with van der Waals surface area (Å²) in [5.74, 6) is -0.909. The van der Waals surface area contributed by atoms with Gasteiger partial charge in [-0.3, -0.25) is 4.79 Å². The maximum Gasteiger partial charge on any atom is 0.335 e. The zero-order valence-electron chi connectivity index (χ0n) is 11.7. The van der Waals surface area contributed by atoms with E-state index in [4.69, 9.17) is 21.4 Å². The van der Waals surface area contributed by atoms with Crippen molar-refractivity contribution in [2.45, 2.75) is 13.0 Å². The molecule has 2 N–H and O–H groups in total. The van der Waals surface area contributed by atoms with Crippen molar-refractivity contribution in [2.24, 2.45) is 0 Å². The summed E-state index contributed by atoms with van der Waals surface area (Å²) in [6.45, 7) is 1.61. The largest absolute Gasteiger partial charge is 0.481 e. The number of rotatable bonds is 5. The maximum atomic E-state index is 12.0. The van der Waals surface area contributed by atoms with Crippen molar-refractivity contribution in [1.29, 1.82) is 0 Å². The molecule has 0 radical (unpaired) electrons. The van der Waals surface area contributed by atoms with Crippen LogP contribution in [0.15, 0.2) is 48.5 Å². The average Bonchev–Trinajstić information content (AvgIpc) is 2.50. The Labute approximate surface area is 132 Å². The third kappa shape index (κ3) is 4.23. The Morgan fingerprint density at radius 2 is 1.68 bits per heavy atom. The quantitative estimate of drug-likeness (QED) is 0.885. The predicted octanol–water partition coefficient (Wildman–Crippen LogP) is 3.44. The van der Waals surface area contributed by atoms with Gasteiger partial charge in [-0.25, -0.2) is 4.79 Å². The number of anilines is 1. The van der Waals surface area contributed by atoms with E-state index in [1.807, 2.05) is 0 Å². The number of nitrogens with one attached hydrogen (secondary N) is 1. The molecule has 2 aromatic carbocycles. The first-order valence-corrected chi connectivity index (χ1v) is 6.90. The van der Waals surface area contributed by atoms with E-state index >= 15 is 0 Å². The highest BCUT2D eigenvalue weighted by atomic mass is 35.5. The molecule has 0 saturated heterocycles. The number of carboxylic acids is 1. The predicted molar refractivity (Wildman–Crippen MR) is 83.6 cm³/mol. The van der Waals surface area contributed by atoms with Crippen molar-refractivity contribution in [1.82, 2.24) is 0 Å². The third-order valence-electron chi connectivity index (χ3n) is 2.90. The second-order valence-corrected chi connectivity index (χ2v) is 5.02. The van der Waals surface area contributed by atoms with Crippen LogP contribution in [0.1, 0.15) is 17.3 Å². The molecule has 0 aliphatic carbocycles. The lowest BCUT2D eigenvalue weighted by atomic mass is 10.2. The van der Waals surface area contributed by atoms with Gasteiger partial charge in [-0.2, -0.15) is 0 Å². The van der Waals surface area contributed by atoms with E-state index < -0.39 is 12.1 Å². The number of amides is 1. The summed E-state index contributed by atoms with van der Waals surface area (Å²) in [6.07, 6.45) is -0.730. The lowest BCUT2D eigenvalue weighted by Crippen LogP contribution is -2.30. The first-order valence-electron chi connectivity index (χ1n) is 6.52. The Bertz CT molecular complexity index is 668. The molecule has 0 fully saturated rings. The van der Waals surface area contributed by atoms with E-state index in [2.05, 4.69) is 5.32 Å². The number of hydrogen-bond donors (Lipinski definition) is 2. The Morgan fingerprint density at radius 1 is 1.09 bits per heavy atom. The first kappa shape index (κ1) is 15.9. The van der Waals surface area contributed by atoms with Crippen molar-refractivity contribution in [3.63, 3.8) is 0 Å². The van der Waals surface area contributed by atoms with E-state index in [1.54, 1.807) is 31.2 Å². The average molecular weight is 320 g/mol. The zero-order valence-corrected chi connectivity index (χ0v) is 12.5. The normalized spacial score (nSPS) is 11.5. The second kappa shape index (κ2) is 6.95. The SMILES string of the molecule is C[C@H](Oc1ccc(C(=O)O)cc1)C(=O)Nc1ccc(Cl)cc1. The molecule has 5 nitrogen and oxygen atoms in total. The molecule has 6 heteroatoms. The van der Waals surface area contributed by atoms with Crippen LogP contribution in [-0.2, 0) is 4.79 Å². The van der Waals surface area contributed by atoms with Crippen molar-refractivity contribution in [3.8, 4) is 5.75 Å². The van der Waals surface area contributed by atoms with Gasteiger partial charge < -0.3 is 15.2 Å². The summed E-state index contributed by atoms with van der Waals surface area (Å²) in [5, 5.41) is 12.1. The Balaban J connectivity index is 1.95. The fourth-order valence-corrected chi connectivity index (χ4v) is 1.84.